The summed E-state index contributed by atoms with van der Waals surface area (Å²) in [6.45, 7) is 0. The van der Waals surface area contributed by atoms with Gasteiger partial charge in [0.1, 0.15) is 0 Å². The van der Waals surface area contributed by atoms with Gasteiger partial charge in [0.15, 0.2) is 0 Å². The third kappa shape index (κ3) is 2.69. The van der Waals surface area contributed by atoms with Gasteiger partial charge in [-0.15, -0.1) is 0 Å². The predicted octanol–water partition coefficient (Wildman–Crippen LogP) is 3.25. The van der Waals surface area contributed by atoms with Crippen LogP contribution < -0.4 is 0 Å². The number of alkyl halides is 1. The van der Waals surface area contributed by atoms with Crippen LogP contribution in [0.4, 0.5) is 0 Å². The van der Waals surface area contributed by atoms with Crippen LogP contribution in [-0.4, -0.2) is 4.43 Å². The molecule has 1 aliphatic rings. The van der Waals surface area contributed by atoms with Gasteiger partial charge in [0.05, 0.1) is 0 Å². The van der Waals surface area contributed by atoms with E-state index in [2.05, 4.69) is 53.0 Å². The Morgan fingerprint density at radius 3 is 3.00 bits per heavy atom. The van der Waals surface area contributed by atoms with Gasteiger partial charge in [-0.2, -0.15) is 0 Å². The molecular formula is C9H11I. The van der Waals surface area contributed by atoms with Gasteiger partial charge in [-0.25, -0.2) is 0 Å². The zero-order valence-electron chi connectivity index (χ0n) is 5.89. The average molecular weight is 246 g/mol. The summed E-state index contributed by atoms with van der Waals surface area (Å²) in [4.78, 5) is 0. The first-order valence-corrected chi connectivity index (χ1v) is 5.05. The second-order valence-corrected chi connectivity index (χ2v) is 3.12. The molecule has 0 aromatic heterocycles. The van der Waals surface area contributed by atoms with Gasteiger partial charge in [0.2, 0.25) is 0 Å². The van der Waals surface area contributed by atoms with Crippen LogP contribution in [0.15, 0.2) is 36.0 Å². The van der Waals surface area contributed by atoms with Crippen molar-refractivity contribution in [1.82, 2.24) is 0 Å². The maximum atomic E-state index is 2.35. The normalized spacial score (nSPS) is 17.9. The highest BCUT2D eigenvalue weighted by Crippen LogP contribution is 2.10. The summed E-state index contributed by atoms with van der Waals surface area (Å²) in [7, 11) is 0. The summed E-state index contributed by atoms with van der Waals surface area (Å²) in [5, 5.41) is 0. The van der Waals surface area contributed by atoms with Gasteiger partial charge in [-0.05, 0) is 18.4 Å². The molecule has 54 valence electrons. The number of rotatable bonds is 2. The largest absolute Gasteiger partial charge is 0.0836 e. The first-order chi connectivity index (χ1) is 4.93. The molecule has 0 saturated carbocycles. The van der Waals surface area contributed by atoms with E-state index in [1.165, 1.54) is 18.4 Å². The minimum Gasteiger partial charge on any atom is -0.0836 e. The van der Waals surface area contributed by atoms with E-state index in [4.69, 9.17) is 0 Å². The maximum Gasteiger partial charge on any atom is 0.0179 e. The molecule has 0 aromatic rings. The molecule has 1 heteroatoms. The molecule has 0 unspecified atom stereocenters. The van der Waals surface area contributed by atoms with E-state index >= 15 is 0 Å². The highest BCUT2D eigenvalue weighted by Gasteiger charge is 1.90. The second kappa shape index (κ2) is 4.72. The van der Waals surface area contributed by atoms with Crippen molar-refractivity contribution in [3.05, 3.63) is 36.0 Å². The molecule has 0 spiro atoms. The molecule has 0 atom stereocenters. The fourth-order valence-electron chi connectivity index (χ4n) is 0.938. The predicted molar refractivity (Wildman–Crippen MR) is 54.5 cm³/mol. The lowest BCUT2D eigenvalue weighted by Gasteiger charge is -1.99. The number of hydrogen-bond donors (Lipinski definition) is 0. The van der Waals surface area contributed by atoms with E-state index < -0.39 is 0 Å². The van der Waals surface area contributed by atoms with Crippen LogP contribution in [0.2, 0.25) is 0 Å². The van der Waals surface area contributed by atoms with Crippen LogP contribution in [0.1, 0.15) is 12.8 Å². The minimum absolute atomic E-state index is 1.10. The molecule has 1 rings (SSSR count). The van der Waals surface area contributed by atoms with Gasteiger partial charge in [-0.1, -0.05) is 53.0 Å². The second-order valence-electron chi connectivity index (χ2n) is 2.24. The van der Waals surface area contributed by atoms with E-state index in [1.807, 2.05) is 0 Å². The lowest BCUT2D eigenvalue weighted by Crippen LogP contribution is -1.79. The maximum absolute atomic E-state index is 2.35. The van der Waals surface area contributed by atoms with Crippen molar-refractivity contribution < 1.29 is 0 Å². The van der Waals surface area contributed by atoms with Crippen LogP contribution in [0.5, 0.6) is 0 Å². The fraction of sp³-hybridized carbons (Fsp3) is 0.333. The van der Waals surface area contributed by atoms with Crippen molar-refractivity contribution in [1.29, 1.82) is 0 Å². The molecule has 0 saturated heterocycles. The van der Waals surface area contributed by atoms with Gasteiger partial charge in [-0.3, -0.25) is 0 Å². The highest BCUT2D eigenvalue weighted by atomic mass is 127. The van der Waals surface area contributed by atoms with Crippen molar-refractivity contribution in [2.45, 2.75) is 12.8 Å². The number of allylic oxidation sites excluding steroid dienone is 6. The van der Waals surface area contributed by atoms with Crippen molar-refractivity contribution in [3.63, 3.8) is 0 Å². The fourth-order valence-corrected chi connectivity index (χ4v) is 1.19. The lowest BCUT2D eigenvalue weighted by atomic mass is 10.1. The summed E-state index contributed by atoms with van der Waals surface area (Å²) in [5.41, 5.74) is 1.36. The SMILES string of the molecule is IC/C=C/C1=CCCC=C1. The Morgan fingerprint density at radius 1 is 1.50 bits per heavy atom. The van der Waals surface area contributed by atoms with E-state index in [0.717, 1.165) is 4.43 Å². The smallest absolute Gasteiger partial charge is 0.0179 e. The molecule has 0 heterocycles. The molecule has 0 radical (unpaired) electrons. The summed E-state index contributed by atoms with van der Waals surface area (Å²) < 4.78 is 1.10. The number of hydrogen-bond acceptors (Lipinski definition) is 0. The Morgan fingerprint density at radius 2 is 2.40 bits per heavy atom. The monoisotopic (exact) mass is 246 g/mol. The van der Waals surface area contributed by atoms with Crippen LogP contribution in [-0.2, 0) is 0 Å². The van der Waals surface area contributed by atoms with Gasteiger partial charge in [0, 0.05) is 4.43 Å². The third-order valence-electron chi connectivity index (χ3n) is 1.42. The Hall–Kier alpha value is -0.0500. The van der Waals surface area contributed by atoms with Crippen molar-refractivity contribution in [2.75, 3.05) is 4.43 Å². The van der Waals surface area contributed by atoms with Crippen molar-refractivity contribution >= 4 is 22.6 Å². The van der Waals surface area contributed by atoms with Gasteiger partial charge < -0.3 is 0 Å². The molecule has 0 aliphatic heterocycles. The van der Waals surface area contributed by atoms with Crippen molar-refractivity contribution in [3.8, 4) is 0 Å². The van der Waals surface area contributed by atoms with Crippen LogP contribution in [0, 0.1) is 0 Å². The molecule has 0 fully saturated rings. The average Bonchev–Trinajstić information content (AvgIpc) is 2.03. The Labute approximate surface area is 75.8 Å². The van der Waals surface area contributed by atoms with E-state index in [-0.39, 0.29) is 0 Å². The zero-order chi connectivity index (χ0) is 7.23. The van der Waals surface area contributed by atoms with E-state index in [1.54, 1.807) is 0 Å². The molecule has 10 heavy (non-hydrogen) atoms. The lowest BCUT2D eigenvalue weighted by molar-refractivity contribution is 1.02. The van der Waals surface area contributed by atoms with Gasteiger partial charge in [0.25, 0.3) is 0 Å². The quantitative estimate of drug-likeness (QED) is 0.518. The van der Waals surface area contributed by atoms with Crippen molar-refractivity contribution in [2.24, 2.45) is 0 Å². The molecule has 1 aliphatic carbocycles. The summed E-state index contributed by atoms with van der Waals surface area (Å²) in [6.07, 6.45) is 13.5. The molecule has 0 aromatic carbocycles. The van der Waals surface area contributed by atoms with Crippen LogP contribution in [0.25, 0.3) is 0 Å². The Kier molecular flexibility index (Phi) is 3.80. The summed E-state index contributed by atoms with van der Waals surface area (Å²) in [6, 6.07) is 0. The molecular weight excluding hydrogens is 235 g/mol. The minimum atomic E-state index is 1.10. The topological polar surface area (TPSA) is 0 Å². The first-order valence-electron chi connectivity index (χ1n) is 3.52. The molecule has 0 amide bonds. The highest BCUT2D eigenvalue weighted by molar-refractivity contribution is 14.1. The summed E-state index contributed by atoms with van der Waals surface area (Å²) in [5.74, 6) is 0. The zero-order valence-corrected chi connectivity index (χ0v) is 8.04. The number of halogens is 1. The van der Waals surface area contributed by atoms with E-state index in [9.17, 15) is 0 Å². The first kappa shape index (κ1) is 8.05. The standard InChI is InChI=1S/C9H11I/c10-8-4-7-9-5-2-1-3-6-9/h2,4-7H,1,3,8H2/b7-4+. The van der Waals surface area contributed by atoms with E-state index in [0.29, 0.717) is 0 Å². The molecule has 0 bridgehead atoms. The summed E-state index contributed by atoms with van der Waals surface area (Å²) >= 11 is 2.35. The molecule has 0 N–H and O–H groups in total. The van der Waals surface area contributed by atoms with Crippen LogP contribution >= 0.6 is 22.6 Å². The molecule has 0 nitrogen and oxygen atoms in total. The Bertz CT molecular complexity index is 175. The van der Waals surface area contributed by atoms with Gasteiger partial charge >= 0.3 is 0 Å². The Balaban J connectivity index is 2.47. The third-order valence-corrected chi connectivity index (χ3v) is 1.93. The van der Waals surface area contributed by atoms with Crippen LogP contribution in [0.3, 0.4) is 0 Å².